The molecule has 2 aliphatic heterocycles. The molecule has 0 unspecified atom stereocenters. The van der Waals surface area contributed by atoms with Gasteiger partial charge < -0.3 is 5.32 Å². The van der Waals surface area contributed by atoms with Crippen molar-refractivity contribution < 1.29 is 4.79 Å². The van der Waals surface area contributed by atoms with E-state index in [1.165, 1.54) is 0 Å². The van der Waals surface area contributed by atoms with Crippen LogP contribution in [0.1, 0.15) is 16.8 Å². The predicted octanol–water partition coefficient (Wildman–Crippen LogP) is 2.31. The van der Waals surface area contributed by atoms with Gasteiger partial charge in [0.05, 0.1) is 11.3 Å². The number of anilines is 1. The number of nitrogens with zero attached hydrogens (tertiary/aromatic N) is 1. The highest BCUT2D eigenvalue weighted by atomic mass is 16.2. The van der Waals surface area contributed by atoms with E-state index in [9.17, 15) is 4.79 Å². The Kier molecular flexibility index (Phi) is 1.65. The Morgan fingerprint density at radius 2 is 2.13 bits per heavy atom. The lowest BCUT2D eigenvalue weighted by Crippen LogP contribution is -2.21. The Balaban J connectivity index is 2.15. The molecule has 0 saturated carbocycles. The van der Waals surface area contributed by atoms with Crippen LogP contribution in [0.25, 0.3) is 0 Å². The number of benzene rings is 1. The maximum absolute atomic E-state index is 12.1. The van der Waals surface area contributed by atoms with E-state index >= 15 is 0 Å². The van der Waals surface area contributed by atoms with Gasteiger partial charge in [-0.3, -0.25) is 9.69 Å². The molecule has 0 aromatic heterocycles. The zero-order valence-electron chi connectivity index (χ0n) is 8.10. The van der Waals surface area contributed by atoms with E-state index in [2.05, 4.69) is 5.32 Å². The molecular weight excluding hydrogens is 188 g/mol. The van der Waals surface area contributed by atoms with Crippen molar-refractivity contribution in [3.05, 3.63) is 54.0 Å². The van der Waals surface area contributed by atoms with Gasteiger partial charge in [0.1, 0.15) is 0 Å². The fourth-order valence-corrected chi connectivity index (χ4v) is 1.89. The van der Waals surface area contributed by atoms with Crippen LogP contribution in [0.5, 0.6) is 0 Å². The van der Waals surface area contributed by atoms with Gasteiger partial charge in [-0.15, -0.1) is 0 Å². The van der Waals surface area contributed by atoms with Crippen molar-refractivity contribution in [3.8, 4) is 0 Å². The third kappa shape index (κ3) is 1.16. The molecule has 0 bridgehead atoms. The lowest BCUT2D eigenvalue weighted by atomic mass is 10.1. The van der Waals surface area contributed by atoms with Crippen LogP contribution in [0.4, 0.5) is 5.69 Å². The van der Waals surface area contributed by atoms with Crippen molar-refractivity contribution in [2.24, 2.45) is 0 Å². The Morgan fingerprint density at radius 1 is 1.27 bits per heavy atom. The molecule has 2 aliphatic rings. The van der Waals surface area contributed by atoms with Gasteiger partial charge >= 0.3 is 0 Å². The average molecular weight is 198 g/mol. The summed E-state index contributed by atoms with van der Waals surface area (Å²) in [6, 6.07) is 7.55. The number of hydrogen-bond acceptors (Lipinski definition) is 2. The smallest absolute Gasteiger partial charge is 0.264 e. The van der Waals surface area contributed by atoms with Crippen molar-refractivity contribution in [1.82, 2.24) is 4.90 Å². The summed E-state index contributed by atoms with van der Waals surface area (Å²) in [4.78, 5) is 13.8. The molecule has 3 nitrogen and oxygen atoms in total. The molecule has 3 rings (SSSR count). The van der Waals surface area contributed by atoms with Crippen LogP contribution < -0.4 is 5.32 Å². The van der Waals surface area contributed by atoms with Crippen LogP contribution in [0, 0.1) is 0 Å². The molecule has 15 heavy (non-hydrogen) atoms. The Morgan fingerprint density at radius 3 is 3.07 bits per heavy atom. The number of para-hydroxylation sites is 1. The topological polar surface area (TPSA) is 32.3 Å². The highest BCUT2D eigenvalue weighted by Crippen LogP contribution is 2.27. The van der Waals surface area contributed by atoms with E-state index in [-0.39, 0.29) is 5.91 Å². The van der Waals surface area contributed by atoms with E-state index in [4.69, 9.17) is 0 Å². The summed E-state index contributed by atoms with van der Waals surface area (Å²) < 4.78 is 0. The summed E-state index contributed by atoms with van der Waals surface area (Å²) in [5.41, 5.74) is 2.59. The standard InChI is InChI=1S/C12H10N2O/c15-12-10-5-1-2-6-11(10)13-8-9-4-3-7-14(9)12/h1-3,5-8,13H,4H2. The third-order valence-electron chi connectivity index (χ3n) is 2.66. The molecule has 2 heterocycles. The van der Waals surface area contributed by atoms with Crippen molar-refractivity contribution in [1.29, 1.82) is 0 Å². The number of carbonyl (C=O) groups is 1. The van der Waals surface area contributed by atoms with E-state index in [0.717, 1.165) is 23.4 Å². The van der Waals surface area contributed by atoms with Crippen molar-refractivity contribution in [3.63, 3.8) is 0 Å². The summed E-state index contributed by atoms with van der Waals surface area (Å²) in [6.45, 7) is 0. The van der Waals surface area contributed by atoms with E-state index in [1.807, 2.05) is 42.7 Å². The molecule has 0 saturated heterocycles. The van der Waals surface area contributed by atoms with Gasteiger partial charge in [-0.25, -0.2) is 0 Å². The van der Waals surface area contributed by atoms with Crippen LogP contribution in [0.2, 0.25) is 0 Å². The van der Waals surface area contributed by atoms with Crippen LogP contribution in [0.3, 0.4) is 0 Å². The summed E-state index contributed by atoms with van der Waals surface area (Å²) in [5.74, 6) is 0.0376. The molecule has 1 aromatic carbocycles. The second-order valence-corrected chi connectivity index (χ2v) is 3.59. The number of carbonyl (C=O) groups excluding carboxylic acids is 1. The fraction of sp³-hybridized carbons (Fsp3) is 0.0833. The van der Waals surface area contributed by atoms with Gasteiger partial charge in [-0.05, 0) is 12.1 Å². The first-order valence-corrected chi connectivity index (χ1v) is 4.91. The summed E-state index contributed by atoms with van der Waals surface area (Å²) in [5, 5.41) is 3.16. The lowest BCUT2D eigenvalue weighted by Gasteiger charge is -2.13. The first-order chi connectivity index (χ1) is 7.36. The summed E-state index contributed by atoms with van der Waals surface area (Å²) in [6.07, 6.45) is 6.52. The average Bonchev–Trinajstić information content (AvgIpc) is 2.69. The molecule has 0 radical (unpaired) electrons. The van der Waals surface area contributed by atoms with Crippen LogP contribution >= 0.6 is 0 Å². The van der Waals surface area contributed by atoms with E-state index < -0.39 is 0 Å². The maximum Gasteiger partial charge on any atom is 0.264 e. The predicted molar refractivity (Wildman–Crippen MR) is 58.1 cm³/mol. The maximum atomic E-state index is 12.1. The minimum absolute atomic E-state index is 0.0376. The number of allylic oxidation sites excluding steroid dienone is 1. The lowest BCUT2D eigenvalue weighted by molar-refractivity contribution is 0.0863. The zero-order valence-corrected chi connectivity index (χ0v) is 8.10. The zero-order chi connectivity index (χ0) is 10.3. The van der Waals surface area contributed by atoms with Crippen molar-refractivity contribution in [2.75, 3.05) is 5.32 Å². The number of amides is 1. The first kappa shape index (κ1) is 8.29. The molecule has 74 valence electrons. The molecule has 1 aromatic rings. The Bertz CT molecular complexity index is 488. The van der Waals surface area contributed by atoms with Gasteiger partial charge in [-0.2, -0.15) is 0 Å². The van der Waals surface area contributed by atoms with Crippen LogP contribution in [-0.2, 0) is 0 Å². The van der Waals surface area contributed by atoms with Crippen LogP contribution in [-0.4, -0.2) is 10.8 Å². The highest BCUT2D eigenvalue weighted by molar-refractivity contribution is 6.02. The molecular formula is C12H10N2O. The third-order valence-corrected chi connectivity index (χ3v) is 2.66. The minimum Gasteiger partial charge on any atom is -0.359 e. The highest BCUT2D eigenvalue weighted by Gasteiger charge is 2.24. The number of nitrogens with one attached hydrogen (secondary N) is 1. The molecule has 0 aliphatic carbocycles. The second kappa shape index (κ2) is 2.98. The molecule has 0 atom stereocenters. The largest absolute Gasteiger partial charge is 0.359 e. The second-order valence-electron chi connectivity index (χ2n) is 3.59. The van der Waals surface area contributed by atoms with Gasteiger partial charge in [0, 0.05) is 24.5 Å². The SMILES string of the molecule is O=C1c2ccccc2NC=C2CC=CN12. The molecule has 1 amide bonds. The Labute approximate surface area is 87.7 Å². The van der Waals surface area contributed by atoms with Gasteiger partial charge in [-0.1, -0.05) is 18.2 Å². The van der Waals surface area contributed by atoms with Crippen LogP contribution in [0.15, 0.2) is 48.4 Å². The van der Waals surface area contributed by atoms with Crippen molar-refractivity contribution in [2.45, 2.75) is 6.42 Å². The monoisotopic (exact) mass is 198 g/mol. The number of hydrogen-bond donors (Lipinski definition) is 1. The molecule has 0 spiro atoms. The summed E-state index contributed by atoms with van der Waals surface area (Å²) in [7, 11) is 0. The minimum atomic E-state index is 0.0376. The van der Waals surface area contributed by atoms with E-state index in [0.29, 0.717) is 0 Å². The fourth-order valence-electron chi connectivity index (χ4n) is 1.89. The summed E-state index contributed by atoms with van der Waals surface area (Å²) >= 11 is 0. The first-order valence-electron chi connectivity index (χ1n) is 4.91. The quantitative estimate of drug-likeness (QED) is 0.693. The van der Waals surface area contributed by atoms with Crippen molar-refractivity contribution >= 4 is 11.6 Å². The number of fused-ring (bicyclic) bond motifs is 2. The van der Waals surface area contributed by atoms with Gasteiger partial charge in [0.2, 0.25) is 0 Å². The molecule has 1 N–H and O–H groups in total. The number of rotatable bonds is 0. The van der Waals surface area contributed by atoms with E-state index in [1.54, 1.807) is 4.90 Å². The molecule has 3 heteroatoms. The molecule has 0 fully saturated rings. The Hall–Kier alpha value is -2.03. The normalized spacial score (nSPS) is 17.7. The van der Waals surface area contributed by atoms with Gasteiger partial charge in [0.25, 0.3) is 5.91 Å². The van der Waals surface area contributed by atoms with Gasteiger partial charge in [0.15, 0.2) is 0 Å².